The predicted molar refractivity (Wildman–Crippen MR) is 85.8 cm³/mol. The molecule has 3 N–H and O–H groups in total. The van der Waals surface area contributed by atoms with Gasteiger partial charge in [0.15, 0.2) is 0 Å². The monoisotopic (exact) mass is 343 g/mol. The van der Waals surface area contributed by atoms with Gasteiger partial charge in [-0.2, -0.15) is 0 Å². The van der Waals surface area contributed by atoms with Crippen LogP contribution in [0.1, 0.15) is 13.8 Å². The average Bonchev–Trinajstić information content (AvgIpc) is 2.41. The number of carbonyl (C=O) groups excluding carboxylic acids is 1. The van der Waals surface area contributed by atoms with E-state index >= 15 is 0 Å². The van der Waals surface area contributed by atoms with E-state index in [9.17, 15) is 4.79 Å². The van der Waals surface area contributed by atoms with Crippen molar-refractivity contribution in [2.24, 2.45) is 0 Å². The first-order valence-electron chi connectivity index (χ1n) is 6.71. The first kappa shape index (κ1) is 16.9. The molecular formula is C14H22BrN3O2. The highest BCUT2D eigenvalue weighted by Gasteiger charge is 2.10. The van der Waals surface area contributed by atoms with Gasteiger partial charge in [0.1, 0.15) is 0 Å². The number of nitrogens with one attached hydrogen (secondary N) is 1. The lowest BCUT2D eigenvalue weighted by molar-refractivity contribution is -0.117. The summed E-state index contributed by atoms with van der Waals surface area (Å²) in [6.07, 6.45) is 0. The lowest BCUT2D eigenvalue weighted by atomic mass is 10.3. The minimum Gasteiger partial charge on any atom is -0.399 e. The largest absolute Gasteiger partial charge is 0.399 e. The zero-order chi connectivity index (χ0) is 15.0. The molecule has 0 radical (unpaired) electrons. The number of nitrogen functional groups attached to an aromatic ring is 1. The summed E-state index contributed by atoms with van der Waals surface area (Å²) in [4.78, 5) is 14.0. The van der Waals surface area contributed by atoms with Crippen LogP contribution in [0, 0.1) is 0 Å². The molecule has 0 heterocycles. The van der Waals surface area contributed by atoms with Crippen LogP contribution in [-0.2, 0) is 9.53 Å². The van der Waals surface area contributed by atoms with E-state index < -0.39 is 0 Å². The van der Waals surface area contributed by atoms with Crippen LogP contribution in [0.4, 0.5) is 11.4 Å². The Morgan fingerprint density at radius 2 is 2.20 bits per heavy atom. The van der Waals surface area contributed by atoms with Gasteiger partial charge in [-0.1, -0.05) is 6.92 Å². The number of benzene rings is 1. The molecule has 20 heavy (non-hydrogen) atoms. The van der Waals surface area contributed by atoms with Crippen LogP contribution in [0.3, 0.4) is 0 Å². The summed E-state index contributed by atoms with van der Waals surface area (Å²) in [5.41, 5.74) is 7.05. The molecule has 0 bridgehead atoms. The van der Waals surface area contributed by atoms with Crippen LogP contribution < -0.4 is 11.1 Å². The Morgan fingerprint density at radius 1 is 1.45 bits per heavy atom. The number of ether oxygens (including phenoxy) is 1. The second-order valence-corrected chi connectivity index (χ2v) is 5.21. The van der Waals surface area contributed by atoms with E-state index in [1.54, 1.807) is 18.2 Å². The molecule has 1 aromatic carbocycles. The minimum atomic E-state index is -0.0474. The van der Waals surface area contributed by atoms with Gasteiger partial charge >= 0.3 is 0 Å². The second-order valence-electron chi connectivity index (χ2n) is 4.35. The van der Waals surface area contributed by atoms with Crippen LogP contribution in [0.25, 0.3) is 0 Å². The zero-order valence-corrected chi connectivity index (χ0v) is 13.6. The van der Waals surface area contributed by atoms with Crippen molar-refractivity contribution in [1.82, 2.24) is 4.90 Å². The van der Waals surface area contributed by atoms with E-state index in [1.807, 2.05) is 18.7 Å². The van der Waals surface area contributed by atoms with Crippen LogP contribution in [0.15, 0.2) is 22.7 Å². The van der Waals surface area contributed by atoms with Crippen molar-refractivity contribution in [3.05, 3.63) is 22.7 Å². The second kappa shape index (κ2) is 8.94. The third-order valence-corrected chi connectivity index (χ3v) is 3.49. The molecule has 0 aliphatic rings. The van der Waals surface area contributed by atoms with Gasteiger partial charge in [0.05, 0.1) is 18.8 Å². The van der Waals surface area contributed by atoms with Crippen LogP contribution in [-0.4, -0.2) is 43.7 Å². The molecule has 0 saturated carbocycles. The molecular weight excluding hydrogens is 322 g/mol. The third-order valence-electron chi connectivity index (χ3n) is 2.84. The maximum atomic E-state index is 12.0. The van der Waals surface area contributed by atoms with Gasteiger partial charge in [0.25, 0.3) is 0 Å². The summed E-state index contributed by atoms with van der Waals surface area (Å²) in [5.74, 6) is -0.0474. The summed E-state index contributed by atoms with van der Waals surface area (Å²) in [5, 5.41) is 2.87. The summed E-state index contributed by atoms with van der Waals surface area (Å²) in [6.45, 7) is 7.23. The smallest absolute Gasteiger partial charge is 0.238 e. The van der Waals surface area contributed by atoms with Crippen molar-refractivity contribution >= 4 is 33.2 Å². The van der Waals surface area contributed by atoms with E-state index in [0.29, 0.717) is 25.4 Å². The molecule has 6 heteroatoms. The Labute approximate surface area is 128 Å². The van der Waals surface area contributed by atoms with Crippen LogP contribution in [0.5, 0.6) is 0 Å². The molecule has 0 spiro atoms. The average molecular weight is 344 g/mol. The molecule has 1 aromatic rings. The molecule has 0 aliphatic carbocycles. The summed E-state index contributed by atoms with van der Waals surface area (Å²) >= 11 is 3.38. The number of halogens is 1. The Kier molecular flexibility index (Phi) is 7.58. The van der Waals surface area contributed by atoms with Gasteiger partial charge in [0.2, 0.25) is 5.91 Å². The Morgan fingerprint density at radius 3 is 2.80 bits per heavy atom. The quantitative estimate of drug-likeness (QED) is 0.561. The SMILES string of the molecule is CCOCCN(CC)CC(=O)Nc1ccc(N)cc1Br. The first-order valence-corrected chi connectivity index (χ1v) is 7.51. The van der Waals surface area contributed by atoms with Gasteiger partial charge < -0.3 is 15.8 Å². The fourth-order valence-corrected chi connectivity index (χ4v) is 2.21. The van der Waals surface area contributed by atoms with E-state index in [1.165, 1.54) is 0 Å². The molecule has 5 nitrogen and oxygen atoms in total. The number of rotatable bonds is 8. The number of carbonyl (C=O) groups is 1. The molecule has 1 amide bonds. The van der Waals surface area contributed by atoms with Crippen LogP contribution >= 0.6 is 15.9 Å². The summed E-state index contributed by atoms with van der Waals surface area (Å²) in [6, 6.07) is 5.31. The number of likely N-dealkylation sites (N-methyl/N-ethyl adjacent to an activating group) is 1. The normalized spacial score (nSPS) is 10.8. The van der Waals surface area contributed by atoms with E-state index in [4.69, 9.17) is 10.5 Å². The van der Waals surface area contributed by atoms with E-state index in [2.05, 4.69) is 21.2 Å². The number of hydrogen-bond donors (Lipinski definition) is 2. The lowest BCUT2D eigenvalue weighted by Crippen LogP contribution is -2.35. The van der Waals surface area contributed by atoms with Crippen LogP contribution in [0.2, 0.25) is 0 Å². The standard InChI is InChI=1S/C14H22BrN3O2/c1-3-18(7-8-20-4-2)10-14(19)17-13-6-5-11(16)9-12(13)15/h5-6,9H,3-4,7-8,10,16H2,1-2H3,(H,17,19). The highest BCUT2D eigenvalue weighted by Crippen LogP contribution is 2.24. The molecule has 0 aromatic heterocycles. The summed E-state index contributed by atoms with van der Waals surface area (Å²) < 4.78 is 6.08. The topological polar surface area (TPSA) is 67.6 Å². The first-order chi connectivity index (χ1) is 9.56. The number of amides is 1. The fourth-order valence-electron chi connectivity index (χ4n) is 1.71. The van der Waals surface area contributed by atoms with Gasteiger partial charge in [-0.3, -0.25) is 9.69 Å². The lowest BCUT2D eigenvalue weighted by Gasteiger charge is -2.19. The molecule has 0 aliphatic heterocycles. The van der Waals surface area contributed by atoms with Crippen molar-refractivity contribution in [2.45, 2.75) is 13.8 Å². The zero-order valence-electron chi connectivity index (χ0n) is 12.0. The highest BCUT2D eigenvalue weighted by atomic mass is 79.9. The Bertz CT molecular complexity index is 440. The van der Waals surface area contributed by atoms with Crippen molar-refractivity contribution in [2.75, 3.05) is 43.9 Å². The number of nitrogens with two attached hydrogens (primary N) is 1. The minimum absolute atomic E-state index is 0.0474. The van der Waals surface area contributed by atoms with Gasteiger partial charge in [-0.05, 0) is 47.6 Å². The molecule has 112 valence electrons. The van der Waals surface area contributed by atoms with Gasteiger partial charge in [0, 0.05) is 23.3 Å². The van der Waals surface area contributed by atoms with Crippen molar-refractivity contribution in [1.29, 1.82) is 0 Å². The van der Waals surface area contributed by atoms with Crippen molar-refractivity contribution in [3.8, 4) is 0 Å². The molecule has 0 atom stereocenters. The molecule has 0 saturated heterocycles. The van der Waals surface area contributed by atoms with E-state index in [-0.39, 0.29) is 5.91 Å². The van der Waals surface area contributed by atoms with E-state index in [0.717, 1.165) is 23.2 Å². The predicted octanol–water partition coefficient (Wildman–Crippen LogP) is 2.33. The van der Waals surface area contributed by atoms with Gasteiger partial charge in [-0.25, -0.2) is 0 Å². The van der Waals surface area contributed by atoms with Gasteiger partial charge in [-0.15, -0.1) is 0 Å². The number of nitrogens with zero attached hydrogens (tertiary/aromatic N) is 1. The summed E-state index contributed by atoms with van der Waals surface area (Å²) in [7, 11) is 0. The van der Waals surface area contributed by atoms with Crippen molar-refractivity contribution < 1.29 is 9.53 Å². The highest BCUT2D eigenvalue weighted by molar-refractivity contribution is 9.10. The molecule has 0 unspecified atom stereocenters. The number of anilines is 2. The molecule has 0 fully saturated rings. The maximum Gasteiger partial charge on any atom is 0.238 e. The number of hydrogen-bond acceptors (Lipinski definition) is 4. The van der Waals surface area contributed by atoms with Crippen molar-refractivity contribution in [3.63, 3.8) is 0 Å². The fraction of sp³-hybridized carbons (Fsp3) is 0.500. The molecule has 1 rings (SSSR count). The Hall–Kier alpha value is -1.11. The third kappa shape index (κ3) is 5.90. The Balaban J connectivity index is 2.48. The maximum absolute atomic E-state index is 12.0.